The topological polar surface area (TPSA) is 122 Å². The normalized spacial score (nSPS) is 16.2. The van der Waals surface area contributed by atoms with Gasteiger partial charge in [0, 0.05) is 24.6 Å². The van der Waals surface area contributed by atoms with Crippen molar-refractivity contribution in [3.63, 3.8) is 0 Å². The first kappa shape index (κ1) is 21.6. The third-order valence-electron chi connectivity index (χ3n) is 3.62. The van der Waals surface area contributed by atoms with Gasteiger partial charge in [0.15, 0.2) is 5.96 Å². The van der Waals surface area contributed by atoms with Crippen LogP contribution in [-0.4, -0.2) is 78.0 Å². The molecule has 1 aromatic carbocycles. The molecular formula is C15H24N4O5S3. The van der Waals surface area contributed by atoms with Gasteiger partial charge in [-0.25, -0.2) is 21.8 Å². The number of rotatable bonds is 7. The van der Waals surface area contributed by atoms with E-state index in [0.29, 0.717) is 28.6 Å². The fraction of sp³-hybridized carbons (Fsp3) is 0.533. The van der Waals surface area contributed by atoms with E-state index >= 15 is 0 Å². The molecule has 2 rings (SSSR count). The number of ether oxygens (including phenoxy) is 1. The number of anilines is 1. The summed E-state index contributed by atoms with van der Waals surface area (Å²) in [6.07, 6.45) is 1.67. The van der Waals surface area contributed by atoms with E-state index in [-0.39, 0.29) is 5.69 Å². The zero-order valence-corrected chi connectivity index (χ0v) is 17.7. The molecule has 0 radical (unpaired) electrons. The van der Waals surface area contributed by atoms with E-state index in [1.165, 1.54) is 24.3 Å². The van der Waals surface area contributed by atoms with Crippen LogP contribution in [0.1, 0.15) is 0 Å². The molecule has 152 valence electrons. The maximum atomic E-state index is 11.8. The van der Waals surface area contributed by atoms with E-state index in [0.717, 1.165) is 37.1 Å². The van der Waals surface area contributed by atoms with Crippen molar-refractivity contribution in [1.82, 2.24) is 4.90 Å². The summed E-state index contributed by atoms with van der Waals surface area (Å²) in [5.74, 6) is 3.06. The van der Waals surface area contributed by atoms with Crippen LogP contribution < -0.4 is 14.2 Å². The molecule has 0 aromatic heterocycles. The summed E-state index contributed by atoms with van der Waals surface area (Å²) in [6.45, 7) is 2.46. The Balaban J connectivity index is 1.94. The molecule has 0 atom stereocenters. The average Bonchev–Trinajstić information content (AvgIpc) is 2.58. The van der Waals surface area contributed by atoms with Crippen molar-refractivity contribution in [3.05, 3.63) is 24.3 Å². The highest BCUT2D eigenvalue weighted by Crippen LogP contribution is 2.24. The number of hydrogen-bond donors (Lipinski definition) is 1. The van der Waals surface area contributed by atoms with Gasteiger partial charge in [0.2, 0.25) is 20.0 Å². The second-order valence-corrected chi connectivity index (χ2v) is 11.0. The van der Waals surface area contributed by atoms with Crippen molar-refractivity contribution in [1.29, 1.82) is 0 Å². The maximum Gasteiger partial charge on any atom is 0.245 e. The molecule has 9 nitrogen and oxygen atoms in total. The lowest BCUT2D eigenvalue weighted by molar-refractivity contribution is 0.327. The van der Waals surface area contributed by atoms with Crippen LogP contribution in [0.4, 0.5) is 5.69 Å². The molecule has 1 heterocycles. The summed E-state index contributed by atoms with van der Waals surface area (Å²) < 4.78 is 52.9. The summed E-state index contributed by atoms with van der Waals surface area (Å²) >= 11 is 1.89. The molecule has 12 heteroatoms. The molecule has 1 saturated heterocycles. The van der Waals surface area contributed by atoms with E-state index in [4.69, 9.17) is 10.5 Å². The van der Waals surface area contributed by atoms with Crippen LogP contribution >= 0.6 is 11.8 Å². The molecule has 1 fully saturated rings. The quantitative estimate of drug-likeness (QED) is 0.364. The van der Waals surface area contributed by atoms with Gasteiger partial charge in [-0.15, -0.1) is 0 Å². The molecule has 0 aliphatic carbocycles. The fourth-order valence-electron chi connectivity index (χ4n) is 2.51. The van der Waals surface area contributed by atoms with E-state index in [1.54, 1.807) is 0 Å². The third-order valence-corrected chi connectivity index (χ3v) is 7.81. The molecule has 0 unspecified atom stereocenters. The Morgan fingerprint density at radius 3 is 2.22 bits per heavy atom. The standard InChI is InChI=1S/C15H24N4O5S3/c1-26(20,21)19(27(2,22)23)13-3-5-14(6-4-13)24-10-7-17-15(16)18-8-11-25-12-9-18/h3-6H,7-12H2,1-2H3,(H2,16,17). The minimum atomic E-state index is -3.96. The highest BCUT2D eigenvalue weighted by atomic mass is 32.3. The van der Waals surface area contributed by atoms with Crippen molar-refractivity contribution in [2.75, 3.05) is 54.0 Å². The Hall–Kier alpha value is -1.66. The summed E-state index contributed by atoms with van der Waals surface area (Å²) in [7, 11) is -7.93. The van der Waals surface area contributed by atoms with Gasteiger partial charge >= 0.3 is 0 Å². The minimum Gasteiger partial charge on any atom is -0.492 e. The SMILES string of the molecule is CS(=O)(=O)N(c1ccc(OCCN=C(N)N2CCSCC2)cc1)S(C)(=O)=O. The van der Waals surface area contributed by atoms with Crippen molar-refractivity contribution >= 4 is 43.5 Å². The van der Waals surface area contributed by atoms with Crippen molar-refractivity contribution < 1.29 is 21.6 Å². The molecule has 2 N–H and O–H groups in total. The Morgan fingerprint density at radius 2 is 1.70 bits per heavy atom. The highest BCUT2D eigenvalue weighted by Gasteiger charge is 2.27. The molecule has 0 saturated carbocycles. The molecule has 27 heavy (non-hydrogen) atoms. The molecular weight excluding hydrogens is 412 g/mol. The minimum absolute atomic E-state index is 0.0255. The van der Waals surface area contributed by atoms with Gasteiger partial charge in [-0.1, -0.05) is 0 Å². The molecule has 1 aliphatic heterocycles. The van der Waals surface area contributed by atoms with Crippen molar-refractivity contribution in [3.8, 4) is 5.75 Å². The van der Waals surface area contributed by atoms with Crippen LogP contribution in [0.5, 0.6) is 5.75 Å². The second-order valence-electron chi connectivity index (χ2n) is 5.90. The molecule has 0 bridgehead atoms. The maximum absolute atomic E-state index is 11.8. The van der Waals surface area contributed by atoms with Crippen LogP contribution in [0.3, 0.4) is 0 Å². The van der Waals surface area contributed by atoms with Crippen LogP contribution in [0, 0.1) is 0 Å². The summed E-state index contributed by atoms with van der Waals surface area (Å²) in [5.41, 5.74) is 5.98. The Kier molecular flexibility index (Phi) is 7.23. The third kappa shape index (κ3) is 6.47. The molecule has 0 spiro atoms. The lowest BCUT2D eigenvalue weighted by Gasteiger charge is -2.27. The van der Waals surface area contributed by atoms with Crippen molar-refractivity contribution in [2.24, 2.45) is 10.7 Å². The largest absolute Gasteiger partial charge is 0.492 e. The van der Waals surface area contributed by atoms with Crippen LogP contribution in [0.25, 0.3) is 0 Å². The average molecular weight is 437 g/mol. The molecule has 0 amide bonds. The first-order valence-corrected chi connectivity index (χ1v) is 13.0. The lowest BCUT2D eigenvalue weighted by atomic mass is 10.3. The van der Waals surface area contributed by atoms with Crippen LogP contribution in [0.15, 0.2) is 29.3 Å². The van der Waals surface area contributed by atoms with Gasteiger partial charge in [-0.2, -0.15) is 15.5 Å². The summed E-state index contributed by atoms with van der Waals surface area (Å²) in [4.78, 5) is 6.33. The highest BCUT2D eigenvalue weighted by molar-refractivity contribution is 8.09. The van der Waals surface area contributed by atoms with Gasteiger partial charge < -0.3 is 15.4 Å². The summed E-state index contributed by atoms with van der Waals surface area (Å²) in [5, 5.41) is 0. The number of hydrogen-bond acceptors (Lipinski definition) is 7. The number of benzene rings is 1. The van der Waals surface area contributed by atoms with E-state index in [9.17, 15) is 16.8 Å². The zero-order valence-electron chi connectivity index (χ0n) is 15.2. The Bertz CT molecular complexity index is 831. The zero-order chi connectivity index (χ0) is 20.1. The monoisotopic (exact) mass is 436 g/mol. The first-order valence-electron chi connectivity index (χ1n) is 8.15. The summed E-state index contributed by atoms with van der Waals surface area (Å²) in [6, 6.07) is 5.77. The number of sulfonamides is 2. The van der Waals surface area contributed by atoms with Crippen LogP contribution in [-0.2, 0) is 20.0 Å². The Morgan fingerprint density at radius 1 is 1.15 bits per heavy atom. The van der Waals surface area contributed by atoms with Gasteiger partial charge in [0.25, 0.3) is 0 Å². The van der Waals surface area contributed by atoms with Gasteiger partial charge in [0.05, 0.1) is 24.7 Å². The van der Waals surface area contributed by atoms with E-state index < -0.39 is 20.0 Å². The van der Waals surface area contributed by atoms with Gasteiger partial charge in [-0.3, -0.25) is 0 Å². The first-order chi connectivity index (χ1) is 12.6. The number of nitrogens with two attached hydrogens (primary N) is 1. The predicted octanol–water partition coefficient (Wildman–Crippen LogP) is 0.155. The predicted molar refractivity (Wildman–Crippen MR) is 109 cm³/mol. The smallest absolute Gasteiger partial charge is 0.245 e. The molecule has 1 aromatic rings. The number of nitrogens with zero attached hydrogens (tertiary/aromatic N) is 3. The van der Waals surface area contributed by atoms with E-state index in [2.05, 4.69) is 4.99 Å². The Labute approximate surface area is 164 Å². The number of thioether (sulfide) groups is 1. The van der Waals surface area contributed by atoms with E-state index in [1.807, 2.05) is 16.7 Å². The number of aliphatic imine (C=N–C) groups is 1. The van der Waals surface area contributed by atoms with Crippen molar-refractivity contribution in [2.45, 2.75) is 0 Å². The van der Waals surface area contributed by atoms with Gasteiger partial charge in [0.1, 0.15) is 12.4 Å². The van der Waals surface area contributed by atoms with Gasteiger partial charge in [-0.05, 0) is 24.3 Å². The molecule has 1 aliphatic rings. The number of guanidine groups is 1. The van der Waals surface area contributed by atoms with Crippen LogP contribution in [0.2, 0.25) is 0 Å². The fourth-order valence-corrected chi connectivity index (χ4v) is 6.39. The second kappa shape index (κ2) is 9.02. The lowest BCUT2D eigenvalue weighted by Crippen LogP contribution is -2.42.